The van der Waals surface area contributed by atoms with Crippen LogP contribution in [0.25, 0.3) is 10.3 Å². The van der Waals surface area contributed by atoms with Crippen molar-refractivity contribution in [3.63, 3.8) is 0 Å². The number of hydrogen-bond acceptors (Lipinski definition) is 9. The third-order valence-corrected chi connectivity index (χ3v) is 4.75. The zero-order chi connectivity index (χ0) is 17.1. The Bertz CT molecular complexity index is 761. The molecule has 1 fully saturated rings. The smallest absolute Gasteiger partial charge is 0.311 e. The monoisotopic (exact) mass is 356 g/mol. The molecule has 3 heterocycles. The summed E-state index contributed by atoms with van der Waals surface area (Å²) in [4.78, 5) is 20.4. The summed E-state index contributed by atoms with van der Waals surface area (Å²) in [7, 11) is 0. The second kappa shape index (κ2) is 7.43. The number of nitrogens with two attached hydrogens (primary N) is 1. The van der Waals surface area contributed by atoms with E-state index in [1.165, 1.54) is 4.57 Å². The van der Waals surface area contributed by atoms with E-state index in [0.29, 0.717) is 42.6 Å². The lowest BCUT2D eigenvalue weighted by atomic mass is 10.2. The van der Waals surface area contributed by atoms with Crippen LogP contribution in [0.1, 0.15) is 31.9 Å². The maximum absolute atomic E-state index is 12.4. The van der Waals surface area contributed by atoms with Gasteiger partial charge in [0.1, 0.15) is 10.9 Å². The van der Waals surface area contributed by atoms with Crippen LogP contribution in [0.5, 0.6) is 5.88 Å². The van der Waals surface area contributed by atoms with Gasteiger partial charge in [-0.15, -0.1) is 0 Å². The van der Waals surface area contributed by atoms with Crippen molar-refractivity contribution < 1.29 is 19.7 Å². The molecule has 2 aromatic rings. The highest BCUT2D eigenvalue weighted by Crippen LogP contribution is 2.33. The number of anilines is 1. The van der Waals surface area contributed by atoms with E-state index < -0.39 is 6.23 Å². The summed E-state index contributed by atoms with van der Waals surface area (Å²) >= 11 is 0.984. The number of unbranched alkanes of at least 4 members (excludes halogenated alkanes) is 1. The summed E-state index contributed by atoms with van der Waals surface area (Å²) < 4.78 is 13.3. The van der Waals surface area contributed by atoms with E-state index in [0.717, 1.165) is 11.3 Å². The van der Waals surface area contributed by atoms with E-state index in [4.69, 9.17) is 20.3 Å². The third kappa shape index (κ3) is 3.36. The first-order valence-corrected chi connectivity index (χ1v) is 8.64. The highest BCUT2D eigenvalue weighted by molar-refractivity contribution is 7.16. The first kappa shape index (κ1) is 17.1. The fourth-order valence-corrected chi connectivity index (χ4v) is 3.56. The molecule has 0 spiro atoms. The summed E-state index contributed by atoms with van der Waals surface area (Å²) in [5.41, 5.74) is 6.14. The van der Waals surface area contributed by atoms with Crippen molar-refractivity contribution in [1.29, 1.82) is 0 Å². The Hall–Kier alpha value is -1.75. The minimum absolute atomic E-state index is 0.0166. The molecule has 0 bridgehead atoms. The molecular formula is C14H20N4O5S. The van der Waals surface area contributed by atoms with Gasteiger partial charge in [-0.1, -0.05) is 11.3 Å². The Morgan fingerprint density at radius 1 is 1.33 bits per heavy atom. The molecule has 3 rings (SSSR count). The van der Waals surface area contributed by atoms with Gasteiger partial charge in [0, 0.05) is 6.61 Å². The van der Waals surface area contributed by atoms with Gasteiger partial charge in [-0.05, 0) is 25.7 Å². The van der Waals surface area contributed by atoms with Crippen LogP contribution < -0.4 is 15.3 Å². The first-order valence-electron chi connectivity index (χ1n) is 7.82. The van der Waals surface area contributed by atoms with Crippen molar-refractivity contribution in [2.75, 3.05) is 25.6 Å². The number of aliphatic hydroxyl groups is 2. The molecule has 4 N–H and O–H groups in total. The number of nitrogens with zero attached hydrogens (tertiary/aromatic N) is 3. The number of aromatic nitrogens is 3. The van der Waals surface area contributed by atoms with Gasteiger partial charge in [-0.2, -0.15) is 9.97 Å². The Morgan fingerprint density at radius 2 is 2.17 bits per heavy atom. The molecule has 1 aliphatic heterocycles. The maximum atomic E-state index is 12.4. The topological polar surface area (TPSA) is 133 Å². The molecule has 10 heteroatoms. The summed E-state index contributed by atoms with van der Waals surface area (Å²) in [6, 6.07) is 0. The van der Waals surface area contributed by atoms with Gasteiger partial charge in [-0.3, -0.25) is 9.36 Å². The molecule has 2 atom stereocenters. The lowest BCUT2D eigenvalue weighted by Crippen LogP contribution is -2.21. The van der Waals surface area contributed by atoms with Crippen LogP contribution >= 0.6 is 11.3 Å². The van der Waals surface area contributed by atoms with Crippen LogP contribution in [0.2, 0.25) is 0 Å². The number of thiazole rings is 1. The number of rotatable bonds is 7. The largest absolute Gasteiger partial charge is 0.476 e. The summed E-state index contributed by atoms with van der Waals surface area (Å²) in [6.45, 7) is 0.383. The SMILES string of the molecule is Nc1nc(OCCCCO)c2sc(=O)n([C@H]3CC[C@@H](CO)O3)c2n1. The molecule has 24 heavy (non-hydrogen) atoms. The maximum Gasteiger partial charge on any atom is 0.311 e. The molecule has 2 aromatic heterocycles. The number of aliphatic hydroxyl groups excluding tert-OH is 2. The number of fused-ring (bicyclic) bond motifs is 1. The van der Waals surface area contributed by atoms with Crippen LogP contribution in [0, 0.1) is 0 Å². The molecule has 1 saturated heterocycles. The highest BCUT2D eigenvalue weighted by Gasteiger charge is 2.30. The van der Waals surface area contributed by atoms with E-state index in [1.807, 2.05) is 0 Å². The standard InChI is InChI=1S/C14H20N4O5S/c15-13-16-11-10(12(17-13)22-6-2-1-5-19)24-14(21)18(11)9-4-3-8(7-20)23-9/h8-9,19-20H,1-7H2,(H2,15,16,17)/t8-,9+/m0/s1. The average Bonchev–Trinajstić information content (AvgIpc) is 3.14. The normalized spacial score (nSPS) is 20.8. The molecule has 0 radical (unpaired) electrons. The van der Waals surface area contributed by atoms with Crippen LogP contribution in [0.3, 0.4) is 0 Å². The van der Waals surface area contributed by atoms with E-state index >= 15 is 0 Å². The molecule has 0 unspecified atom stereocenters. The van der Waals surface area contributed by atoms with E-state index in [-0.39, 0.29) is 36.0 Å². The molecule has 0 aromatic carbocycles. The Balaban J connectivity index is 1.92. The van der Waals surface area contributed by atoms with Crippen molar-refractivity contribution >= 4 is 27.6 Å². The minimum atomic E-state index is -0.472. The second-order valence-corrected chi connectivity index (χ2v) is 6.49. The van der Waals surface area contributed by atoms with Gasteiger partial charge in [0.05, 0.1) is 19.3 Å². The van der Waals surface area contributed by atoms with Gasteiger partial charge in [0.15, 0.2) is 5.65 Å². The first-order chi connectivity index (χ1) is 11.6. The van der Waals surface area contributed by atoms with E-state index in [2.05, 4.69) is 9.97 Å². The van der Waals surface area contributed by atoms with Crippen LogP contribution in [0.15, 0.2) is 4.79 Å². The molecule has 1 aliphatic rings. The van der Waals surface area contributed by atoms with Crippen LogP contribution in [-0.2, 0) is 4.74 Å². The molecule has 0 saturated carbocycles. The number of nitrogen functional groups attached to an aromatic ring is 1. The lowest BCUT2D eigenvalue weighted by Gasteiger charge is -2.13. The Labute approximate surface area is 141 Å². The van der Waals surface area contributed by atoms with Gasteiger partial charge < -0.3 is 25.4 Å². The van der Waals surface area contributed by atoms with Gasteiger partial charge in [0.25, 0.3) is 0 Å². The van der Waals surface area contributed by atoms with Crippen molar-refractivity contribution in [2.45, 2.75) is 38.0 Å². The van der Waals surface area contributed by atoms with Gasteiger partial charge >= 0.3 is 4.87 Å². The molecule has 132 valence electrons. The van der Waals surface area contributed by atoms with Gasteiger partial charge in [-0.25, -0.2) is 0 Å². The third-order valence-electron chi connectivity index (χ3n) is 3.82. The molecule has 0 aliphatic carbocycles. The zero-order valence-corrected chi connectivity index (χ0v) is 13.9. The number of hydrogen-bond donors (Lipinski definition) is 3. The Morgan fingerprint density at radius 3 is 2.88 bits per heavy atom. The van der Waals surface area contributed by atoms with Crippen LogP contribution in [0.4, 0.5) is 5.95 Å². The van der Waals surface area contributed by atoms with Crippen molar-refractivity contribution in [3.8, 4) is 5.88 Å². The second-order valence-electron chi connectivity index (χ2n) is 5.53. The zero-order valence-electron chi connectivity index (χ0n) is 13.1. The summed E-state index contributed by atoms with van der Waals surface area (Å²) in [5.74, 6) is 0.288. The van der Waals surface area contributed by atoms with Crippen molar-refractivity contribution in [3.05, 3.63) is 9.67 Å². The molecule has 9 nitrogen and oxygen atoms in total. The fraction of sp³-hybridized carbons (Fsp3) is 0.643. The van der Waals surface area contributed by atoms with E-state index in [9.17, 15) is 9.90 Å². The highest BCUT2D eigenvalue weighted by atomic mass is 32.1. The van der Waals surface area contributed by atoms with Crippen LogP contribution in [-0.4, -0.2) is 50.7 Å². The lowest BCUT2D eigenvalue weighted by molar-refractivity contribution is -0.0214. The predicted octanol–water partition coefficient (Wildman–Crippen LogP) is 0.256. The summed E-state index contributed by atoms with van der Waals surface area (Å²) in [5, 5.41) is 18.0. The molecule has 0 amide bonds. The van der Waals surface area contributed by atoms with E-state index in [1.54, 1.807) is 0 Å². The van der Waals surface area contributed by atoms with Gasteiger partial charge in [0.2, 0.25) is 11.8 Å². The average molecular weight is 356 g/mol. The fourth-order valence-electron chi connectivity index (χ4n) is 2.66. The number of ether oxygens (including phenoxy) is 2. The Kier molecular flexibility index (Phi) is 5.29. The summed E-state index contributed by atoms with van der Waals surface area (Å²) in [6.07, 6.45) is 1.84. The van der Waals surface area contributed by atoms with Crippen molar-refractivity contribution in [2.24, 2.45) is 0 Å². The van der Waals surface area contributed by atoms with Crippen molar-refractivity contribution in [1.82, 2.24) is 14.5 Å². The quantitative estimate of drug-likeness (QED) is 0.602. The molecular weight excluding hydrogens is 336 g/mol. The minimum Gasteiger partial charge on any atom is -0.476 e. The predicted molar refractivity (Wildman–Crippen MR) is 88.1 cm³/mol.